The molecule has 1 aliphatic heterocycles. The van der Waals surface area contributed by atoms with E-state index in [9.17, 15) is 18.0 Å². The summed E-state index contributed by atoms with van der Waals surface area (Å²) in [5, 5.41) is 11.2. The van der Waals surface area contributed by atoms with E-state index in [0.29, 0.717) is 0 Å². The summed E-state index contributed by atoms with van der Waals surface area (Å²) in [7, 11) is -3.26. The molecule has 0 atom stereocenters. The van der Waals surface area contributed by atoms with Crippen LogP contribution in [0.5, 0.6) is 0 Å². The van der Waals surface area contributed by atoms with Gasteiger partial charge in [0.25, 0.3) is 0 Å². The van der Waals surface area contributed by atoms with Crippen molar-refractivity contribution in [1.29, 1.82) is 0 Å². The third-order valence-corrected chi connectivity index (χ3v) is 5.34. The lowest BCUT2D eigenvalue weighted by Gasteiger charge is -2.37. The lowest BCUT2D eigenvalue weighted by atomic mass is 10.0. The molecular weight excluding hydrogens is 260 g/mol. The van der Waals surface area contributed by atoms with Crippen LogP contribution in [-0.2, 0) is 14.6 Å². The van der Waals surface area contributed by atoms with Gasteiger partial charge in [-0.05, 0) is 13.8 Å². The van der Waals surface area contributed by atoms with E-state index >= 15 is 0 Å². The highest BCUT2D eigenvalue weighted by atomic mass is 32.2. The highest BCUT2D eigenvalue weighted by Crippen LogP contribution is 2.17. The number of sulfone groups is 1. The molecule has 0 aromatic carbocycles. The van der Waals surface area contributed by atoms with Crippen LogP contribution in [0.2, 0.25) is 0 Å². The number of urea groups is 1. The molecule has 0 unspecified atom stereocenters. The number of nitrogens with zero attached hydrogens (tertiary/aromatic N) is 1. The largest absolute Gasteiger partial charge is 0.481 e. The number of hydrogen-bond acceptors (Lipinski definition) is 4. The summed E-state index contributed by atoms with van der Waals surface area (Å²) in [4.78, 5) is 23.5. The Morgan fingerprint density at radius 3 is 2.28 bits per heavy atom. The number of carboxylic acid groups (broad SMARTS) is 1. The summed E-state index contributed by atoms with van der Waals surface area (Å²) in [5.74, 6) is -1.44. The van der Waals surface area contributed by atoms with Crippen molar-refractivity contribution >= 4 is 21.8 Å². The third kappa shape index (κ3) is 3.12. The molecule has 0 aliphatic carbocycles. The third-order valence-electron chi connectivity index (χ3n) is 3.19. The Kier molecular flexibility index (Phi) is 3.89. The molecule has 7 nitrogen and oxygen atoms in total. The number of aliphatic carboxylic acids is 1. The Balaban J connectivity index is 2.42. The molecule has 0 aromatic heterocycles. The predicted molar refractivity (Wildman–Crippen MR) is 65.0 cm³/mol. The monoisotopic (exact) mass is 278 g/mol. The van der Waals surface area contributed by atoms with Crippen LogP contribution in [0, 0.1) is 5.92 Å². The van der Waals surface area contributed by atoms with E-state index in [1.54, 1.807) is 0 Å². The van der Waals surface area contributed by atoms with Gasteiger partial charge in [-0.25, -0.2) is 13.2 Å². The number of carbonyl (C=O) groups excluding carboxylic acids is 1. The SMILES string of the molecule is CC(C)(CNC(=O)N1CC(C(=O)O)C1)S(C)(=O)=O. The molecule has 1 aliphatic rings. The molecule has 0 aromatic rings. The second kappa shape index (κ2) is 4.75. The first-order chi connectivity index (χ1) is 8.04. The minimum atomic E-state index is -3.26. The Bertz CT molecular complexity index is 451. The Morgan fingerprint density at radius 2 is 1.89 bits per heavy atom. The molecule has 0 bridgehead atoms. The minimum Gasteiger partial charge on any atom is -0.481 e. The molecule has 8 heteroatoms. The van der Waals surface area contributed by atoms with E-state index in [2.05, 4.69) is 5.32 Å². The smallest absolute Gasteiger partial charge is 0.317 e. The Labute approximate surface area is 106 Å². The number of carbonyl (C=O) groups is 2. The second-order valence-corrected chi connectivity index (χ2v) is 7.78. The fourth-order valence-electron chi connectivity index (χ4n) is 1.33. The van der Waals surface area contributed by atoms with E-state index in [0.717, 1.165) is 6.26 Å². The van der Waals surface area contributed by atoms with Gasteiger partial charge in [-0.15, -0.1) is 0 Å². The van der Waals surface area contributed by atoms with Crippen LogP contribution in [0.1, 0.15) is 13.8 Å². The highest BCUT2D eigenvalue weighted by Gasteiger charge is 2.37. The highest BCUT2D eigenvalue weighted by molar-refractivity contribution is 7.92. The van der Waals surface area contributed by atoms with Gasteiger partial charge in [-0.1, -0.05) is 0 Å². The zero-order valence-corrected chi connectivity index (χ0v) is 11.5. The van der Waals surface area contributed by atoms with Gasteiger partial charge in [0.2, 0.25) is 0 Å². The zero-order valence-electron chi connectivity index (χ0n) is 10.6. The molecule has 104 valence electrons. The molecule has 2 N–H and O–H groups in total. The summed E-state index contributed by atoms with van der Waals surface area (Å²) in [5.41, 5.74) is 0. The van der Waals surface area contributed by atoms with Gasteiger partial charge in [0.15, 0.2) is 9.84 Å². The van der Waals surface area contributed by atoms with Crippen LogP contribution in [-0.4, -0.2) is 61.1 Å². The normalized spacial score (nSPS) is 17.2. The summed E-state index contributed by atoms with van der Waals surface area (Å²) in [6.45, 7) is 3.39. The summed E-state index contributed by atoms with van der Waals surface area (Å²) >= 11 is 0. The Hall–Kier alpha value is -1.31. The molecule has 1 heterocycles. The van der Waals surface area contributed by atoms with E-state index < -0.39 is 32.5 Å². The molecule has 1 rings (SSSR count). The van der Waals surface area contributed by atoms with Crippen LogP contribution in [0.4, 0.5) is 4.79 Å². The average molecular weight is 278 g/mol. The van der Waals surface area contributed by atoms with Crippen molar-refractivity contribution < 1.29 is 23.1 Å². The molecule has 1 saturated heterocycles. The summed E-state index contributed by atoms with van der Waals surface area (Å²) in [6.07, 6.45) is 1.11. The van der Waals surface area contributed by atoms with E-state index in [4.69, 9.17) is 5.11 Å². The maximum Gasteiger partial charge on any atom is 0.317 e. The summed E-state index contributed by atoms with van der Waals surface area (Å²) in [6, 6.07) is -0.427. The fourth-order valence-corrected chi connectivity index (χ4v) is 1.67. The number of amides is 2. The first-order valence-corrected chi connectivity index (χ1v) is 7.39. The van der Waals surface area contributed by atoms with Crippen molar-refractivity contribution in [2.24, 2.45) is 5.92 Å². The maximum absolute atomic E-state index is 11.6. The van der Waals surface area contributed by atoms with Crippen LogP contribution in [0.15, 0.2) is 0 Å². The van der Waals surface area contributed by atoms with E-state index in [1.807, 2.05) is 0 Å². The fraction of sp³-hybridized carbons (Fsp3) is 0.800. The van der Waals surface area contributed by atoms with Gasteiger partial charge in [-0.3, -0.25) is 4.79 Å². The van der Waals surface area contributed by atoms with Gasteiger partial charge in [-0.2, -0.15) is 0 Å². The Morgan fingerprint density at radius 1 is 1.39 bits per heavy atom. The predicted octanol–water partition coefficient (Wildman–Crippen LogP) is -0.464. The number of hydrogen-bond donors (Lipinski definition) is 2. The quantitative estimate of drug-likeness (QED) is 0.724. The molecule has 1 fully saturated rings. The first kappa shape index (κ1) is 14.7. The van der Waals surface area contributed by atoms with Crippen molar-refractivity contribution in [1.82, 2.24) is 10.2 Å². The molecule has 0 spiro atoms. The molecule has 0 radical (unpaired) electrons. The topological polar surface area (TPSA) is 104 Å². The van der Waals surface area contributed by atoms with Crippen molar-refractivity contribution in [3.05, 3.63) is 0 Å². The molecule has 2 amide bonds. The lowest BCUT2D eigenvalue weighted by molar-refractivity contribution is -0.146. The van der Waals surface area contributed by atoms with Gasteiger partial charge < -0.3 is 15.3 Å². The number of nitrogens with one attached hydrogen (secondary N) is 1. The summed E-state index contributed by atoms with van der Waals surface area (Å²) < 4.78 is 21.8. The van der Waals surface area contributed by atoms with Crippen LogP contribution < -0.4 is 5.32 Å². The van der Waals surface area contributed by atoms with E-state index in [1.165, 1.54) is 18.7 Å². The van der Waals surface area contributed by atoms with Crippen LogP contribution >= 0.6 is 0 Å². The maximum atomic E-state index is 11.6. The van der Waals surface area contributed by atoms with Crippen LogP contribution in [0.3, 0.4) is 0 Å². The molecule has 18 heavy (non-hydrogen) atoms. The first-order valence-electron chi connectivity index (χ1n) is 5.50. The number of likely N-dealkylation sites (tertiary alicyclic amines) is 1. The van der Waals surface area contributed by atoms with Gasteiger partial charge in [0, 0.05) is 25.9 Å². The second-order valence-electron chi connectivity index (χ2n) is 5.13. The van der Waals surface area contributed by atoms with E-state index in [-0.39, 0.29) is 19.6 Å². The van der Waals surface area contributed by atoms with Crippen molar-refractivity contribution in [2.45, 2.75) is 18.6 Å². The van der Waals surface area contributed by atoms with Crippen molar-refractivity contribution in [3.8, 4) is 0 Å². The van der Waals surface area contributed by atoms with Gasteiger partial charge >= 0.3 is 12.0 Å². The lowest BCUT2D eigenvalue weighted by Crippen LogP contribution is -2.57. The average Bonchev–Trinajstić information content (AvgIpc) is 2.09. The van der Waals surface area contributed by atoms with Crippen molar-refractivity contribution in [2.75, 3.05) is 25.9 Å². The number of carboxylic acids is 1. The zero-order chi connectivity index (χ0) is 14.1. The standard InChI is InChI=1S/C10H18N2O5S/c1-10(2,18(3,16)17)6-11-9(15)12-4-7(5-12)8(13)14/h7H,4-6H2,1-3H3,(H,11,15)(H,13,14). The van der Waals surface area contributed by atoms with Gasteiger partial charge in [0.1, 0.15) is 0 Å². The minimum absolute atomic E-state index is 0.00109. The molecular formula is C10H18N2O5S. The van der Waals surface area contributed by atoms with Gasteiger partial charge in [0.05, 0.1) is 10.7 Å². The van der Waals surface area contributed by atoms with Crippen LogP contribution in [0.25, 0.3) is 0 Å². The molecule has 0 saturated carbocycles. The van der Waals surface area contributed by atoms with Crippen molar-refractivity contribution in [3.63, 3.8) is 0 Å². The number of rotatable bonds is 4.